The summed E-state index contributed by atoms with van der Waals surface area (Å²) >= 11 is 5.81. The van der Waals surface area contributed by atoms with Gasteiger partial charge in [0, 0.05) is 36.1 Å². The molecule has 2 aromatic carbocycles. The Labute approximate surface area is 162 Å². The smallest absolute Gasteiger partial charge is 0.290 e. The van der Waals surface area contributed by atoms with E-state index in [-0.39, 0.29) is 28.0 Å². The molecule has 0 N–H and O–H groups in total. The molecule has 0 aliphatic carbocycles. The van der Waals surface area contributed by atoms with Crippen molar-refractivity contribution in [3.05, 3.63) is 62.4 Å². The van der Waals surface area contributed by atoms with Crippen molar-refractivity contribution in [2.45, 2.75) is 38.6 Å². The molecule has 0 saturated carbocycles. The van der Waals surface area contributed by atoms with Crippen LogP contribution in [0.5, 0.6) is 0 Å². The zero-order valence-electron chi connectivity index (χ0n) is 15.7. The third-order valence-corrected chi connectivity index (χ3v) is 5.55. The average molecular weight is 390 g/mol. The van der Waals surface area contributed by atoms with Gasteiger partial charge in [0.1, 0.15) is 10.8 Å². The Kier molecular flexibility index (Phi) is 4.95. The highest BCUT2D eigenvalue weighted by Crippen LogP contribution is 2.43. The number of benzene rings is 2. The first kappa shape index (κ1) is 19.3. The Morgan fingerprint density at radius 2 is 2.07 bits per heavy atom. The number of nitro benzene ring substituents is 1. The summed E-state index contributed by atoms with van der Waals surface area (Å²) in [6.45, 7) is 6.43. The fourth-order valence-corrected chi connectivity index (χ4v) is 3.76. The fourth-order valence-electron chi connectivity index (χ4n) is 3.57. The van der Waals surface area contributed by atoms with Crippen LogP contribution >= 0.6 is 11.6 Å². The maximum Gasteiger partial charge on any atom is 0.290 e. The molecule has 0 spiro atoms. The van der Waals surface area contributed by atoms with Crippen molar-refractivity contribution < 1.29 is 9.31 Å². The summed E-state index contributed by atoms with van der Waals surface area (Å²) in [6, 6.07) is 7.59. The molecule has 142 valence electrons. The molecule has 1 aliphatic heterocycles. The van der Waals surface area contributed by atoms with Gasteiger partial charge in [0.05, 0.1) is 10.6 Å². The van der Waals surface area contributed by atoms with Crippen LogP contribution in [-0.4, -0.2) is 23.7 Å². The standard InChI is InChI=1S/C20H21ClFN3O2/c1-12-10-20(2,3)24(4)18-9-17(22)13(7-15(12)18)11-23-14-5-6-16(21)19(8-14)25(26)27/h5-9,11-12H,10H2,1-4H3. The van der Waals surface area contributed by atoms with Gasteiger partial charge in [0.25, 0.3) is 5.69 Å². The largest absolute Gasteiger partial charge is 0.369 e. The van der Waals surface area contributed by atoms with Gasteiger partial charge in [-0.25, -0.2) is 4.39 Å². The zero-order chi connectivity index (χ0) is 19.9. The highest BCUT2D eigenvalue weighted by Gasteiger charge is 2.34. The molecule has 0 aromatic heterocycles. The summed E-state index contributed by atoms with van der Waals surface area (Å²) in [5.41, 5.74) is 2.38. The van der Waals surface area contributed by atoms with E-state index in [4.69, 9.17) is 11.6 Å². The van der Waals surface area contributed by atoms with E-state index in [0.29, 0.717) is 11.3 Å². The minimum atomic E-state index is -0.569. The molecule has 0 amide bonds. The highest BCUT2D eigenvalue weighted by molar-refractivity contribution is 6.32. The summed E-state index contributed by atoms with van der Waals surface area (Å²) in [6.07, 6.45) is 2.36. The third kappa shape index (κ3) is 3.67. The van der Waals surface area contributed by atoms with Gasteiger partial charge in [-0.05, 0) is 56.0 Å². The number of rotatable bonds is 3. The lowest BCUT2D eigenvalue weighted by atomic mass is 9.80. The number of nitro groups is 1. The van der Waals surface area contributed by atoms with E-state index in [9.17, 15) is 14.5 Å². The number of halogens is 2. The zero-order valence-corrected chi connectivity index (χ0v) is 16.4. The molecule has 2 aromatic rings. The van der Waals surface area contributed by atoms with Crippen molar-refractivity contribution in [3.8, 4) is 0 Å². The van der Waals surface area contributed by atoms with Crippen molar-refractivity contribution in [1.82, 2.24) is 0 Å². The molecule has 1 atom stereocenters. The summed E-state index contributed by atoms with van der Waals surface area (Å²) in [5.74, 6) is -0.0896. The second kappa shape index (κ2) is 6.93. The second-order valence-corrected chi connectivity index (χ2v) is 7.97. The van der Waals surface area contributed by atoms with Gasteiger partial charge in [-0.3, -0.25) is 15.1 Å². The van der Waals surface area contributed by atoms with Gasteiger partial charge in [0.2, 0.25) is 0 Å². The predicted molar refractivity (Wildman–Crippen MR) is 107 cm³/mol. The Bertz CT molecular complexity index is 943. The Hall–Kier alpha value is -2.47. The van der Waals surface area contributed by atoms with Crippen LogP contribution in [0.15, 0.2) is 35.3 Å². The lowest BCUT2D eigenvalue weighted by Crippen LogP contribution is -2.45. The van der Waals surface area contributed by atoms with Gasteiger partial charge in [0.15, 0.2) is 0 Å². The second-order valence-electron chi connectivity index (χ2n) is 7.56. The molecule has 0 fully saturated rings. The average Bonchev–Trinajstić information content (AvgIpc) is 2.59. The molecule has 1 aliphatic rings. The van der Waals surface area contributed by atoms with Crippen molar-refractivity contribution in [2.75, 3.05) is 11.9 Å². The molecular weight excluding hydrogens is 369 g/mol. The molecule has 5 nitrogen and oxygen atoms in total. The van der Waals surface area contributed by atoms with E-state index in [1.54, 1.807) is 12.1 Å². The quantitative estimate of drug-likeness (QED) is 0.375. The SMILES string of the molecule is CC1CC(C)(C)N(C)c2cc(F)c(C=Nc3ccc(Cl)c([N+](=O)[O-])c3)cc21. The monoisotopic (exact) mass is 389 g/mol. The molecule has 0 saturated heterocycles. The van der Waals surface area contributed by atoms with E-state index in [2.05, 4.69) is 30.7 Å². The van der Waals surface area contributed by atoms with Gasteiger partial charge in [-0.15, -0.1) is 0 Å². The van der Waals surface area contributed by atoms with Crippen molar-refractivity contribution in [3.63, 3.8) is 0 Å². The molecule has 7 heteroatoms. The molecule has 0 radical (unpaired) electrons. The predicted octanol–water partition coefficient (Wildman–Crippen LogP) is 5.86. The third-order valence-electron chi connectivity index (χ3n) is 5.23. The Balaban J connectivity index is 1.98. The number of hydrogen-bond acceptors (Lipinski definition) is 4. The molecule has 1 unspecified atom stereocenters. The highest BCUT2D eigenvalue weighted by atomic mass is 35.5. The van der Waals surface area contributed by atoms with E-state index >= 15 is 0 Å². The van der Waals surface area contributed by atoms with Gasteiger partial charge < -0.3 is 4.90 Å². The van der Waals surface area contributed by atoms with Crippen LogP contribution in [0.2, 0.25) is 5.02 Å². The molecule has 0 bridgehead atoms. The topological polar surface area (TPSA) is 58.7 Å². The summed E-state index contributed by atoms with van der Waals surface area (Å²) in [5, 5.41) is 11.0. The van der Waals surface area contributed by atoms with Crippen LogP contribution in [0.1, 0.15) is 44.2 Å². The normalized spacial score (nSPS) is 18.6. The first-order chi connectivity index (χ1) is 12.6. The maximum absolute atomic E-state index is 14.7. The number of hydrogen-bond donors (Lipinski definition) is 0. The van der Waals surface area contributed by atoms with E-state index < -0.39 is 4.92 Å². The summed E-state index contributed by atoms with van der Waals surface area (Å²) in [4.78, 5) is 16.7. The van der Waals surface area contributed by atoms with E-state index in [0.717, 1.165) is 17.7 Å². The van der Waals surface area contributed by atoms with Crippen LogP contribution < -0.4 is 4.90 Å². The minimum absolute atomic E-state index is 0.0402. The van der Waals surface area contributed by atoms with Crippen molar-refractivity contribution in [2.24, 2.45) is 4.99 Å². The molecule has 27 heavy (non-hydrogen) atoms. The van der Waals surface area contributed by atoms with Crippen LogP contribution in [-0.2, 0) is 0 Å². The van der Waals surface area contributed by atoms with Crippen LogP contribution in [0, 0.1) is 15.9 Å². The first-order valence-electron chi connectivity index (χ1n) is 8.65. The molecular formula is C20H21ClFN3O2. The van der Waals surface area contributed by atoms with E-state index in [1.807, 2.05) is 13.1 Å². The Morgan fingerprint density at radius 1 is 1.37 bits per heavy atom. The van der Waals surface area contributed by atoms with Crippen LogP contribution in [0.4, 0.5) is 21.5 Å². The van der Waals surface area contributed by atoms with Crippen molar-refractivity contribution >= 4 is 34.9 Å². The lowest BCUT2D eigenvalue weighted by molar-refractivity contribution is -0.384. The van der Waals surface area contributed by atoms with Crippen LogP contribution in [0.25, 0.3) is 0 Å². The number of nitrogens with zero attached hydrogens (tertiary/aromatic N) is 3. The first-order valence-corrected chi connectivity index (χ1v) is 9.03. The Morgan fingerprint density at radius 3 is 2.74 bits per heavy atom. The number of fused-ring (bicyclic) bond motifs is 1. The molecule has 1 heterocycles. The maximum atomic E-state index is 14.7. The van der Waals surface area contributed by atoms with Gasteiger partial charge >= 0.3 is 0 Å². The summed E-state index contributed by atoms with van der Waals surface area (Å²) in [7, 11) is 1.98. The lowest BCUT2D eigenvalue weighted by Gasteiger charge is -2.45. The van der Waals surface area contributed by atoms with E-state index in [1.165, 1.54) is 18.3 Å². The van der Waals surface area contributed by atoms with Crippen LogP contribution in [0.3, 0.4) is 0 Å². The number of aliphatic imine (C=N–C) groups is 1. The number of anilines is 1. The van der Waals surface area contributed by atoms with Crippen molar-refractivity contribution in [1.29, 1.82) is 0 Å². The minimum Gasteiger partial charge on any atom is -0.369 e. The van der Waals surface area contributed by atoms with Gasteiger partial charge in [-0.1, -0.05) is 18.5 Å². The molecule has 3 rings (SSSR count). The fraction of sp³-hybridized carbons (Fsp3) is 0.350. The summed E-state index contributed by atoms with van der Waals surface area (Å²) < 4.78 is 14.7. The van der Waals surface area contributed by atoms with Gasteiger partial charge in [-0.2, -0.15) is 0 Å².